The zero-order valence-corrected chi connectivity index (χ0v) is 14.3. The number of hydrogen-bond acceptors (Lipinski definition) is 4. The fourth-order valence-electron chi connectivity index (χ4n) is 2.73. The molecule has 4 nitrogen and oxygen atoms in total. The molecule has 1 heterocycles. The molecule has 2 aromatic rings. The van der Waals surface area contributed by atoms with E-state index in [-0.39, 0.29) is 17.8 Å². The number of hydrogen-bond donors (Lipinski definition) is 1. The number of rotatable bonds is 4. The van der Waals surface area contributed by atoms with Gasteiger partial charge in [0, 0.05) is 16.2 Å². The summed E-state index contributed by atoms with van der Waals surface area (Å²) < 4.78 is 24.0. The number of ether oxygens (including phenoxy) is 2. The van der Waals surface area contributed by atoms with E-state index in [1.165, 1.54) is 19.2 Å². The minimum atomic E-state index is -0.290. The monoisotopic (exact) mass is 347 g/mol. The summed E-state index contributed by atoms with van der Waals surface area (Å²) in [5, 5.41) is 2.99. The molecule has 0 radical (unpaired) electrons. The lowest BCUT2D eigenvalue weighted by Crippen LogP contribution is -2.30. The molecule has 1 aliphatic heterocycles. The summed E-state index contributed by atoms with van der Waals surface area (Å²) in [7, 11) is 3.07. The van der Waals surface area contributed by atoms with Gasteiger partial charge in [-0.15, -0.1) is 11.8 Å². The maximum Gasteiger partial charge on any atom is 0.251 e. The molecule has 0 saturated heterocycles. The number of thioether (sulfide) groups is 1. The second-order valence-corrected chi connectivity index (χ2v) is 6.55. The van der Waals surface area contributed by atoms with Gasteiger partial charge < -0.3 is 14.8 Å². The van der Waals surface area contributed by atoms with Crippen LogP contribution in [0.2, 0.25) is 0 Å². The zero-order valence-electron chi connectivity index (χ0n) is 13.5. The largest absolute Gasteiger partial charge is 0.493 e. The van der Waals surface area contributed by atoms with Crippen LogP contribution in [0.4, 0.5) is 4.39 Å². The molecule has 126 valence electrons. The maximum absolute atomic E-state index is 13.6. The number of nitrogens with one attached hydrogen (secondary N) is 1. The average Bonchev–Trinajstić information content (AvgIpc) is 2.61. The van der Waals surface area contributed by atoms with Gasteiger partial charge in [0.05, 0.1) is 20.3 Å². The van der Waals surface area contributed by atoms with Crippen molar-refractivity contribution in [3.63, 3.8) is 0 Å². The SMILES string of the molecule is COc1ccc(C(=O)N[C@@H]2CCSc3ccc(F)cc32)cc1OC. The van der Waals surface area contributed by atoms with E-state index in [0.29, 0.717) is 17.1 Å². The first-order valence-corrected chi connectivity index (χ1v) is 8.56. The summed E-state index contributed by atoms with van der Waals surface area (Å²) in [5.74, 6) is 1.44. The fourth-order valence-corrected chi connectivity index (χ4v) is 3.84. The van der Waals surface area contributed by atoms with Crippen LogP contribution in [0.3, 0.4) is 0 Å². The van der Waals surface area contributed by atoms with Crippen molar-refractivity contribution in [1.29, 1.82) is 0 Å². The Morgan fingerprint density at radius 3 is 2.71 bits per heavy atom. The highest BCUT2D eigenvalue weighted by Crippen LogP contribution is 2.36. The molecular formula is C18H18FNO3S. The van der Waals surface area contributed by atoms with Crippen LogP contribution in [0.1, 0.15) is 28.4 Å². The molecule has 0 aromatic heterocycles. The molecule has 24 heavy (non-hydrogen) atoms. The van der Waals surface area contributed by atoms with Crippen molar-refractivity contribution in [2.45, 2.75) is 17.4 Å². The Hall–Kier alpha value is -2.21. The normalized spacial score (nSPS) is 16.2. The van der Waals surface area contributed by atoms with E-state index >= 15 is 0 Å². The highest BCUT2D eigenvalue weighted by atomic mass is 32.2. The van der Waals surface area contributed by atoms with Gasteiger partial charge >= 0.3 is 0 Å². The first kappa shape index (κ1) is 16.6. The second-order valence-electron chi connectivity index (χ2n) is 5.42. The second kappa shape index (κ2) is 7.13. The third-order valence-electron chi connectivity index (χ3n) is 3.96. The van der Waals surface area contributed by atoms with Gasteiger partial charge in [-0.1, -0.05) is 0 Å². The minimum absolute atomic E-state index is 0.197. The van der Waals surface area contributed by atoms with Crippen molar-refractivity contribution < 1.29 is 18.7 Å². The summed E-state index contributed by atoms with van der Waals surface area (Å²) in [6.45, 7) is 0. The Balaban J connectivity index is 1.82. The Labute approximate surface area is 144 Å². The molecule has 1 atom stereocenters. The highest BCUT2D eigenvalue weighted by molar-refractivity contribution is 7.99. The molecule has 2 aromatic carbocycles. The van der Waals surface area contributed by atoms with E-state index in [9.17, 15) is 9.18 Å². The predicted molar refractivity (Wildman–Crippen MR) is 91.5 cm³/mol. The number of halogens is 1. The van der Waals surface area contributed by atoms with Gasteiger partial charge in [-0.3, -0.25) is 4.79 Å². The van der Waals surface area contributed by atoms with Crippen LogP contribution in [0.25, 0.3) is 0 Å². The molecule has 1 aliphatic rings. The molecule has 0 unspecified atom stereocenters. The van der Waals surface area contributed by atoms with E-state index < -0.39 is 0 Å². The van der Waals surface area contributed by atoms with Gasteiger partial charge in [0.1, 0.15) is 5.82 Å². The van der Waals surface area contributed by atoms with E-state index in [2.05, 4.69) is 5.32 Å². The quantitative estimate of drug-likeness (QED) is 0.914. The van der Waals surface area contributed by atoms with Gasteiger partial charge in [0.25, 0.3) is 5.91 Å². The number of benzene rings is 2. The van der Waals surface area contributed by atoms with E-state index in [1.54, 1.807) is 43.1 Å². The molecule has 0 bridgehead atoms. The van der Waals surface area contributed by atoms with Crippen LogP contribution in [-0.4, -0.2) is 25.9 Å². The zero-order chi connectivity index (χ0) is 17.1. The van der Waals surface area contributed by atoms with Gasteiger partial charge in [0.15, 0.2) is 11.5 Å². The Morgan fingerprint density at radius 2 is 1.96 bits per heavy atom. The number of fused-ring (bicyclic) bond motifs is 1. The van der Waals surface area contributed by atoms with Crippen molar-refractivity contribution >= 4 is 17.7 Å². The van der Waals surface area contributed by atoms with Crippen LogP contribution in [0, 0.1) is 5.82 Å². The number of amides is 1. The lowest BCUT2D eigenvalue weighted by atomic mass is 10.0. The first-order chi connectivity index (χ1) is 11.6. The number of carbonyl (C=O) groups excluding carboxylic acids is 1. The third kappa shape index (κ3) is 3.33. The number of carbonyl (C=O) groups is 1. The van der Waals surface area contributed by atoms with E-state index in [1.807, 2.05) is 0 Å². The smallest absolute Gasteiger partial charge is 0.251 e. The lowest BCUT2D eigenvalue weighted by molar-refractivity contribution is 0.0934. The summed E-state index contributed by atoms with van der Waals surface area (Å²) in [4.78, 5) is 13.6. The Kier molecular flexibility index (Phi) is 4.94. The number of methoxy groups -OCH3 is 2. The molecule has 1 amide bonds. The third-order valence-corrected chi connectivity index (χ3v) is 5.09. The van der Waals surface area contributed by atoms with Gasteiger partial charge in [0.2, 0.25) is 0 Å². The van der Waals surface area contributed by atoms with Gasteiger partial charge in [-0.05, 0) is 48.4 Å². The fraction of sp³-hybridized carbons (Fsp3) is 0.278. The molecule has 6 heteroatoms. The first-order valence-electron chi connectivity index (χ1n) is 7.57. The summed E-state index contributed by atoms with van der Waals surface area (Å²) in [6, 6.07) is 9.53. The van der Waals surface area contributed by atoms with Gasteiger partial charge in [-0.25, -0.2) is 4.39 Å². The summed E-state index contributed by atoms with van der Waals surface area (Å²) in [6.07, 6.45) is 0.764. The van der Waals surface area contributed by atoms with Crippen molar-refractivity contribution in [3.05, 3.63) is 53.3 Å². The maximum atomic E-state index is 13.6. The summed E-state index contributed by atoms with van der Waals surface area (Å²) >= 11 is 1.68. The topological polar surface area (TPSA) is 47.6 Å². The Morgan fingerprint density at radius 1 is 1.17 bits per heavy atom. The van der Waals surface area contributed by atoms with E-state index in [0.717, 1.165) is 22.6 Å². The van der Waals surface area contributed by atoms with Crippen LogP contribution < -0.4 is 14.8 Å². The molecule has 0 aliphatic carbocycles. The molecule has 0 fully saturated rings. The molecule has 0 saturated carbocycles. The lowest BCUT2D eigenvalue weighted by Gasteiger charge is -2.26. The average molecular weight is 347 g/mol. The molecule has 0 spiro atoms. The van der Waals surface area contributed by atoms with Crippen LogP contribution in [0.5, 0.6) is 11.5 Å². The van der Waals surface area contributed by atoms with Crippen LogP contribution in [0.15, 0.2) is 41.3 Å². The molecule has 3 rings (SSSR count). The van der Waals surface area contributed by atoms with Crippen LogP contribution >= 0.6 is 11.8 Å². The molecule has 1 N–H and O–H groups in total. The summed E-state index contributed by atoms with van der Waals surface area (Å²) in [5.41, 5.74) is 1.31. The van der Waals surface area contributed by atoms with Crippen molar-refractivity contribution in [2.75, 3.05) is 20.0 Å². The van der Waals surface area contributed by atoms with Crippen molar-refractivity contribution in [2.24, 2.45) is 0 Å². The van der Waals surface area contributed by atoms with Gasteiger partial charge in [-0.2, -0.15) is 0 Å². The Bertz CT molecular complexity index is 766. The van der Waals surface area contributed by atoms with Crippen molar-refractivity contribution in [1.82, 2.24) is 5.32 Å². The highest BCUT2D eigenvalue weighted by Gasteiger charge is 2.23. The standard InChI is InChI=1S/C18H18FNO3S/c1-22-15-5-3-11(9-16(15)23-2)18(21)20-14-7-8-24-17-6-4-12(19)10-13(14)17/h3-6,9-10,14H,7-8H2,1-2H3,(H,20,21)/t14-/m1/s1. The van der Waals surface area contributed by atoms with E-state index in [4.69, 9.17) is 9.47 Å². The minimum Gasteiger partial charge on any atom is -0.493 e. The van der Waals surface area contributed by atoms with Crippen LogP contribution in [-0.2, 0) is 0 Å². The molecular weight excluding hydrogens is 329 g/mol. The van der Waals surface area contributed by atoms with Crippen molar-refractivity contribution in [3.8, 4) is 11.5 Å². The predicted octanol–water partition coefficient (Wildman–Crippen LogP) is 3.81.